The number of carboxylic acid groups (broad SMARTS) is 1. The molecule has 9 heteroatoms. The third kappa shape index (κ3) is 3.92. The summed E-state index contributed by atoms with van der Waals surface area (Å²) in [4.78, 5) is 23.6. The number of rotatable bonds is 6. The third-order valence-corrected chi connectivity index (χ3v) is 3.44. The van der Waals surface area contributed by atoms with Gasteiger partial charge in [0.2, 0.25) is 0 Å². The molecule has 0 aliphatic rings. The maximum Gasteiger partial charge on any atom is 0.305 e. The fourth-order valence-electron chi connectivity index (χ4n) is 2.11. The number of alkyl halides is 2. The van der Waals surface area contributed by atoms with Crippen molar-refractivity contribution in [3.8, 4) is 11.3 Å². The van der Waals surface area contributed by atoms with Gasteiger partial charge in [0, 0.05) is 12.6 Å². The first kappa shape index (κ1) is 17.5. The minimum Gasteiger partial charge on any atom is -0.481 e. The zero-order valence-electron chi connectivity index (χ0n) is 12.5. The van der Waals surface area contributed by atoms with Crippen LogP contribution in [0.2, 0.25) is 0 Å². The highest BCUT2D eigenvalue weighted by Gasteiger charge is 2.31. The molecule has 2 rings (SSSR count). The van der Waals surface area contributed by atoms with Gasteiger partial charge in [0.25, 0.3) is 12.3 Å². The van der Waals surface area contributed by atoms with Gasteiger partial charge in [-0.2, -0.15) is 5.10 Å². The Hall–Kier alpha value is -2.84. The van der Waals surface area contributed by atoms with Gasteiger partial charge in [-0.3, -0.25) is 14.7 Å². The number of H-pyrrole nitrogens is 1. The molecule has 1 atom stereocenters. The number of hydrogen-bond donors (Lipinski definition) is 2. The first-order chi connectivity index (χ1) is 11.3. The van der Waals surface area contributed by atoms with Crippen molar-refractivity contribution < 1.29 is 27.9 Å². The highest BCUT2D eigenvalue weighted by atomic mass is 19.3. The van der Waals surface area contributed by atoms with E-state index in [-0.39, 0.29) is 5.69 Å². The largest absolute Gasteiger partial charge is 0.481 e. The number of amides is 1. The Labute approximate surface area is 134 Å². The Morgan fingerprint density at radius 1 is 1.29 bits per heavy atom. The lowest BCUT2D eigenvalue weighted by Crippen LogP contribution is -2.43. The van der Waals surface area contributed by atoms with Crippen LogP contribution in [0, 0.1) is 5.82 Å². The Balaban J connectivity index is 2.20. The molecule has 6 nitrogen and oxygen atoms in total. The van der Waals surface area contributed by atoms with E-state index in [0.717, 1.165) is 7.05 Å². The molecule has 0 spiro atoms. The Kier molecular flexibility index (Phi) is 5.22. The molecule has 0 aliphatic carbocycles. The molecular weight excluding hydrogens is 327 g/mol. The second-order valence-corrected chi connectivity index (χ2v) is 5.09. The third-order valence-electron chi connectivity index (χ3n) is 3.44. The van der Waals surface area contributed by atoms with E-state index in [1.807, 2.05) is 0 Å². The number of aromatic amines is 1. The fourth-order valence-corrected chi connectivity index (χ4v) is 2.11. The van der Waals surface area contributed by atoms with Crippen LogP contribution in [0.1, 0.15) is 16.9 Å². The number of carbonyl (C=O) groups excluding carboxylic acids is 1. The minimum atomic E-state index is -3.01. The number of benzene rings is 1. The minimum absolute atomic E-state index is 0.0761. The summed E-state index contributed by atoms with van der Waals surface area (Å²) in [7, 11) is 1.10. The zero-order valence-corrected chi connectivity index (χ0v) is 12.5. The van der Waals surface area contributed by atoms with Gasteiger partial charge in [0.1, 0.15) is 17.6 Å². The van der Waals surface area contributed by atoms with Crippen molar-refractivity contribution in [3.63, 3.8) is 0 Å². The van der Waals surface area contributed by atoms with E-state index >= 15 is 0 Å². The summed E-state index contributed by atoms with van der Waals surface area (Å²) in [6, 6.07) is 4.92. The molecule has 1 aromatic carbocycles. The number of halogens is 3. The molecule has 1 amide bonds. The molecule has 1 unspecified atom stereocenters. The molecule has 0 aliphatic heterocycles. The molecule has 0 saturated heterocycles. The van der Waals surface area contributed by atoms with Gasteiger partial charge in [-0.15, -0.1) is 0 Å². The van der Waals surface area contributed by atoms with Crippen molar-refractivity contribution in [2.24, 2.45) is 0 Å². The topological polar surface area (TPSA) is 86.3 Å². The number of carboxylic acids is 1. The lowest BCUT2D eigenvalue weighted by atomic mass is 10.1. The van der Waals surface area contributed by atoms with E-state index in [2.05, 4.69) is 10.2 Å². The van der Waals surface area contributed by atoms with E-state index in [0.29, 0.717) is 16.2 Å². The highest BCUT2D eigenvalue weighted by Crippen LogP contribution is 2.20. The number of aromatic nitrogens is 2. The quantitative estimate of drug-likeness (QED) is 0.845. The van der Waals surface area contributed by atoms with Crippen molar-refractivity contribution >= 4 is 11.9 Å². The molecule has 0 radical (unpaired) electrons. The SMILES string of the molecule is CN(C(=O)c1cc(-c2ccc(F)cc2)n[nH]1)C(CC(=O)O)C(F)F. The number of carbonyl (C=O) groups is 2. The van der Waals surface area contributed by atoms with E-state index in [1.54, 1.807) is 0 Å². The molecular formula is C15H14F3N3O3. The van der Waals surface area contributed by atoms with Crippen molar-refractivity contribution in [2.75, 3.05) is 7.05 Å². The van der Waals surface area contributed by atoms with Gasteiger partial charge in [0.05, 0.1) is 12.1 Å². The van der Waals surface area contributed by atoms with Crippen LogP contribution in [-0.4, -0.2) is 51.6 Å². The Morgan fingerprint density at radius 3 is 2.46 bits per heavy atom. The number of nitrogens with one attached hydrogen (secondary N) is 1. The van der Waals surface area contributed by atoms with E-state index in [4.69, 9.17) is 5.11 Å². The van der Waals surface area contributed by atoms with Crippen molar-refractivity contribution in [2.45, 2.75) is 18.9 Å². The molecule has 2 aromatic rings. The van der Waals surface area contributed by atoms with Crippen LogP contribution in [0.25, 0.3) is 11.3 Å². The number of hydrogen-bond acceptors (Lipinski definition) is 3. The van der Waals surface area contributed by atoms with E-state index < -0.39 is 36.6 Å². The molecule has 1 heterocycles. The first-order valence-corrected chi connectivity index (χ1v) is 6.88. The smallest absolute Gasteiger partial charge is 0.305 e. The number of aliphatic carboxylic acids is 1. The van der Waals surface area contributed by atoms with Crippen LogP contribution in [-0.2, 0) is 4.79 Å². The highest BCUT2D eigenvalue weighted by molar-refractivity contribution is 5.93. The molecule has 0 saturated carbocycles. The van der Waals surface area contributed by atoms with Gasteiger partial charge in [-0.1, -0.05) is 0 Å². The summed E-state index contributed by atoms with van der Waals surface area (Å²) >= 11 is 0. The molecule has 2 N–H and O–H groups in total. The normalized spacial score (nSPS) is 12.2. The second kappa shape index (κ2) is 7.16. The van der Waals surface area contributed by atoms with Crippen LogP contribution in [0.15, 0.2) is 30.3 Å². The van der Waals surface area contributed by atoms with Crippen molar-refractivity contribution in [1.82, 2.24) is 15.1 Å². The Morgan fingerprint density at radius 2 is 1.92 bits per heavy atom. The molecule has 128 valence electrons. The maximum atomic E-state index is 13.0. The van der Waals surface area contributed by atoms with Crippen LogP contribution >= 0.6 is 0 Å². The summed E-state index contributed by atoms with van der Waals surface area (Å²) in [5.74, 6) is -2.68. The van der Waals surface area contributed by atoms with Gasteiger partial charge in [-0.25, -0.2) is 13.2 Å². The van der Waals surface area contributed by atoms with Gasteiger partial charge in [0.15, 0.2) is 0 Å². The average molecular weight is 341 g/mol. The zero-order chi connectivity index (χ0) is 17.9. The van der Waals surface area contributed by atoms with Gasteiger partial charge >= 0.3 is 5.97 Å². The average Bonchev–Trinajstić information content (AvgIpc) is 3.01. The fraction of sp³-hybridized carbons (Fsp3) is 0.267. The molecule has 1 aromatic heterocycles. The van der Waals surface area contributed by atoms with Crippen molar-refractivity contribution in [1.29, 1.82) is 0 Å². The standard InChI is InChI=1S/C15H14F3N3O3/c1-21(12(14(17)18)7-13(22)23)15(24)11-6-10(19-20-11)8-2-4-9(16)5-3-8/h2-6,12,14H,7H2,1H3,(H,19,20)(H,22,23). The Bertz CT molecular complexity index is 731. The second-order valence-electron chi connectivity index (χ2n) is 5.09. The molecule has 24 heavy (non-hydrogen) atoms. The first-order valence-electron chi connectivity index (χ1n) is 6.88. The predicted octanol–water partition coefficient (Wildman–Crippen LogP) is 2.40. The molecule has 0 bridgehead atoms. The summed E-state index contributed by atoms with van der Waals surface area (Å²) in [5.41, 5.74) is 0.789. The van der Waals surface area contributed by atoms with Crippen LogP contribution in [0.4, 0.5) is 13.2 Å². The van der Waals surface area contributed by atoms with Crippen LogP contribution < -0.4 is 0 Å². The lowest BCUT2D eigenvalue weighted by molar-refractivity contribution is -0.139. The summed E-state index contributed by atoms with van der Waals surface area (Å²) in [5, 5.41) is 15.0. The molecule has 0 fully saturated rings. The van der Waals surface area contributed by atoms with Gasteiger partial charge < -0.3 is 10.0 Å². The summed E-state index contributed by atoms with van der Waals surface area (Å²) in [6.07, 6.45) is -3.88. The van der Waals surface area contributed by atoms with E-state index in [1.165, 1.54) is 30.3 Å². The summed E-state index contributed by atoms with van der Waals surface area (Å²) in [6.45, 7) is 0. The lowest BCUT2D eigenvalue weighted by Gasteiger charge is -2.25. The van der Waals surface area contributed by atoms with Crippen LogP contribution in [0.5, 0.6) is 0 Å². The summed E-state index contributed by atoms with van der Waals surface area (Å²) < 4.78 is 38.9. The van der Waals surface area contributed by atoms with E-state index in [9.17, 15) is 22.8 Å². The maximum absolute atomic E-state index is 13.0. The predicted molar refractivity (Wildman–Crippen MR) is 78.1 cm³/mol. The van der Waals surface area contributed by atoms with Crippen molar-refractivity contribution in [3.05, 3.63) is 41.8 Å². The van der Waals surface area contributed by atoms with Crippen LogP contribution in [0.3, 0.4) is 0 Å². The number of nitrogens with zero attached hydrogens (tertiary/aromatic N) is 2. The van der Waals surface area contributed by atoms with Gasteiger partial charge in [-0.05, 0) is 30.3 Å². The monoisotopic (exact) mass is 341 g/mol.